The highest BCUT2D eigenvalue weighted by Gasteiger charge is 2.27. The van der Waals surface area contributed by atoms with Gasteiger partial charge in [0.1, 0.15) is 0 Å². The SMILES string of the molecule is CCCC1CCC(Br)C(CCSC)C1. The van der Waals surface area contributed by atoms with Gasteiger partial charge in [0.2, 0.25) is 0 Å². The summed E-state index contributed by atoms with van der Waals surface area (Å²) >= 11 is 5.85. The van der Waals surface area contributed by atoms with E-state index >= 15 is 0 Å². The predicted octanol–water partition coefficient (Wildman–Crippen LogP) is 4.72. The summed E-state index contributed by atoms with van der Waals surface area (Å²) in [6.45, 7) is 2.32. The summed E-state index contributed by atoms with van der Waals surface area (Å²) in [6.07, 6.45) is 10.8. The molecule has 0 aliphatic heterocycles. The van der Waals surface area contributed by atoms with Crippen molar-refractivity contribution in [1.82, 2.24) is 0 Å². The molecule has 0 aromatic heterocycles. The van der Waals surface area contributed by atoms with Gasteiger partial charge >= 0.3 is 0 Å². The van der Waals surface area contributed by atoms with Crippen LogP contribution in [0.15, 0.2) is 0 Å². The minimum atomic E-state index is 0.808. The number of halogens is 1. The van der Waals surface area contributed by atoms with Gasteiger partial charge in [-0.05, 0) is 49.5 Å². The van der Waals surface area contributed by atoms with Crippen LogP contribution in [-0.2, 0) is 0 Å². The van der Waals surface area contributed by atoms with E-state index in [-0.39, 0.29) is 0 Å². The number of alkyl halides is 1. The molecule has 0 nitrogen and oxygen atoms in total. The van der Waals surface area contributed by atoms with E-state index in [1.54, 1.807) is 0 Å². The van der Waals surface area contributed by atoms with E-state index in [4.69, 9.17) is 0 Å². The molecule has 14 heavy (non-hydrogen) atoms. The number of rotatable bonds is 5. The fraction of sp³-hybridized carbons (Fsp3) is 1.00. The van der Waals surface area contributed by atoms with Gasteiger partial charge in [-0.25, -0.2) is 0 Å². The normalized spacial score (nSPS) is 33.2. The molecule has 0 saturated heterocycles. The zero-order valence-electron chi connectivity index (χ0n) is 9.47. The highest BCUT2D eigenvalue weighted by Crippen LogP contribution is 2.37. The van der Waals surface area contributed by atoms with Crippen molar-refractivity contribution in [2.75, 3.05) is 12.0 Å². The van der Waals surface area contributed by atoms with Crippen molar-refractivity contribution in [3.8, 4) is 0 Å². The van der Waals surface area contributed by atoms with Crippen LogP contribution in [0.2, 0.25) is 0 Å². The van der Waals surface area contributed by atoms with Crippen LogP contribution in [0.5, 0.6) is 0 Å². The molecule has 0 spiro atoms. The van der Waals surface area contributed by atoms with E-state index in [1.165, 1.54) is 44.3 Å². The molecule has 1 fully saturated rings. The molecule has 84 valence electrons. The summed E-state index contributed by atoms with van der Waals surface area (Å²) in [5.41, 5.74) is 0. The van der Waals surface area contributed by atoms with E-state index in [1.807, 2.05) is 11.8 Å². The lowest BCUT2D eigenvalue weighted by Gasteiger charge is -2.33. The minimum absolute atomic E-state index is 0.808. The molecule has 0 bridgehead atoms. The van der Waals surface area contributed by atoms with Gasteiger partial charge in [0, 0.05) is 4.83 Å². The molecule has 0 aromatic carbocycles. The zero-order chi connectivity index (χ0) is 10.4. The van der Waals surface area contributed by atoms with Crippen LogP contribution in [0.3, 0.4) is 0 Å². The lowest BCUT2D eigenvalue weighted by Crippen LogP contribution is -2.25. The summed E-state index contributed by atoms with van der Waals surface area (Å²) < 4.78 is 0. The number of hydrogen-bond acceptors (Lipinski definition) is 1. The van der Waals surface area contributed by atoms with Gasteiger partial charge in [-0.15, -0.1) is 0 Å². The van der Waals surface area contributed by atoms with Crippen molar-refractivity contribution >= 4 is 27.7 Å². The molecule has 0 amide bonds. The van der Waals surface area contributed by atoms with Crippen molar-refractivity contribution in [2.45, 2.75) is 50.3 Å². The van der Waals surface area contributed by atoms with Gasteiger partial charge in [-0.1, -0.05) is 35.7 Å². The van der Waals surface area contributed by atoms with E-state index in [0.717, 1.165) is 16.7 Å². The Bertz CT molecular complexity index is 149. The standard InChI is InChI=1S/C12H23BrS/c1-3-4-10-5-6-12(13)11(9-10)7-8-14-2/h10-12H,3-9H2,1-2H3. The summed E-state index contributed by atoms with van der Waals surface area (Å²) in [7, 11) is 0. The third-order valence-corrected chi connectivity index (χ3v) is 5.24. The van der Waals surface area contributed by atoms with Crippen molar-refractivity contribution in [3.63, 3.8) is 0 Å². The van der Waals surface area contributed by atoms with Crippen LogP contribution in [-0.4, -0.2) is 16.8 Å². The summed E-state index contributed by atoms with van der Waals surface area (Å²) in [6, 6.07) is 0. The molecule has 0 aromatic rings. The van der Waals surface area contributed by atoms with E-state index in [9.17, 15) is 0 Å². The second-order valence-electron chi connectivity index (χ2n) is 4.53. The maximum absolute atomic E-state index is 3.85. The van der Waals surface area contributed by atoms with Gasteiger partial charge in [0.05, 0.1) is 0 Å². The fourth-order valence-corrected chi connectivity index (χ4v) is 3.85. The fourth-order valence-electron chi connectivity index (χ4n) is 2.56. The second-order valence-corrected chi connectivity index (χ2v) is 6.69. The summed E-state index contributed by atoms with van der Waals surface area (Å²) in [5.74, 6) is 3.32. The molecular weight excluding hydrogens is 256 g/mol. The monoisotopic (exact) mass is 278 g/mol. The lowest BCUT2D eigenvalue weighted by molar-refractivity contribution is 0.260. The van der Waals surface area contributed by atoms with Crippen LogP contribution in [0, 0.1) is 11.8 Å². The molecule has 3 unspecified atom stereocenters. The van der Waals surface area contributed by atoms with Crippen molar-refractivity contribution in [3.05, 3.63) is 0 Å². The Balaban J connectivity index is 2.30. The second kappa shape index (κ2) is 7.16. The Morgan fingerprint density at radius 2 is 2.07 bits per heavy atom. The molecule has 0 radical (unpaired) electrons. The Labute approximate surface area is 102 Å². The number of thioether (sulfide) groups is 1. The van der Waals surface area contributed by atoms with Crippen LogP contribution < -0.4 is 0 Å². The molecule has 1 saturated carbocycles. The van der Waals surface area contributed by atoms with Crippen LogP contribution in [0.1, 0.15) is 45.4 Å². The van der Waals surface area contributed by atoms with Gasteiger partial charge < -0.3 is 0 Å². The smallest absolute Gasteiger partial charge is 0.0174 e. The zero-order valence-corrected chi connectivity index (χ0v) is 11.9. The molecule has 1 aliphatic carbocycles. The number of hydrogen-bond donors (Lipinski definition) is 0. The molecule has 2 heteroatoms. The highest BCUT2D eigenvalue weighted by molar-refractivity contribution is 9.09. The van der Waals surface area contributed by atoms with E-state index < -0.39 is 0 Å². The first-order valence-corrected chi connectivity index (χ1v) is 8.21. The summed E-state index contributed by atoms with van der Waals surface area (Å²) in [5, 5.41) is 0. The van der Waals surface area contributed by atoms with Crippen LogP contribution in [0.4, 0.5) is 0 Å². The topological polar surface area (TPSA) is 0 Å². The van der Waals surface area contributed by atoms with Crippen LogP contribution in [0.25, 0.3) is 0 Å². The lowest BCUT2D eigenvalue weighted by atomic mass is 9.78. The largest absolute Gasteiger partial charge is 0.165 e. The maximum Gasteiger partial charge on any atom is 0.0174 e. The van der Waals surface area contributed by atoms with Gasteiger partial charge in [0.15, 0.2) is 0 Å². The molecule has 1 rings (SSSR count). The van der Waals surface area contributed by atoms with Crippen molar-refractivity contribution in [1.29, 1.82) is 0 Å². The van der Waals surface area contributed by atoms with Crippen molar-refractivity contribution < 1.29 is 0 Å². The Morgan fingerprint density at radius 1 is 1.29 bits per heavy atom. The Hall–Kier alpha value is 0.830. The molecule has 0 heterocycles. The highest BCUT2D eigenvalue weighted by atomic mass is 79.9. The van der Waals surface area contributed by atoms with Crippen molar-refractivity contribution in [2.24, 2.45) is 11.8 Å². The molecule has 3 atom stereocenters. The van der Waals surface area contributed by atoms with Gasteiger partial charge in [-0.3, -0.25) is 0 Å². The quantitative estimate of drug-likeness (QED) is 0.656. The minimum Gasteiger partial charge on any atom is -0.165 e. The first-order chi connectivity index (χ1) is 6.77. The predicted molar refractivity (Wildman–Crippen MR) is 71.5 cm³/mol. The third-order valence-electron chi connectivity index (χ3n) is 3.39. The third kappa shape index (κ3) is 4.14. The average Bonchev–Trinajstić information content (AvgIpc) is 2.19. The Kier molecular flexibility index (Phi) is 6.60. The Morgan fingerprint density at radius 3 is 2.71 bits per heavy atom. The van der Waals surface area contributed by atoms with E-state index in [0.29, 0.717) is 0 Å². The van der Waals surface area contributed by atoms with Gasteiger partial charge in [-0.2, -0.15) is 11.8 Å². The average molecular weight is 279 g/mol. The van der Waals surface area contributed by atoms with Crippen LogP contribution >= 0.6 is 27.7 Å². The molecule has 0 N–H and O–H groups in total. The van der Waals surface area contributed by atoms with E-state index in [2.05, 4.69) is 29.1 Å². The van der Waals surface area contributed by atoms with Gasteiger partial charge in [0.25, 0.3) is 0 Å². The molecular formula is C12H23BrS. The maximum atomic E-state index is 3.85. The first kappa shape index (κ1) is 12.9. The molecule has 1 aliphatic rings. The summed E-state index contributed by atoms with van der Waals surface area (Å²) in [4.78, 5) is 0.808. The first-order valence-electron chi connectivity index (χ1n) is 5.91.